The minimum Gasteiger partial charge on any atom is -0.447 e. The molecule has 1 unspecified atom stereocenters. The highest BCUT2D eigenvalue weighted by molar-refractivity contribution is 9.10. The van der Waals surface area contributed by atoms with Crippen molar-refractivity contribution >= 4 is 44.7 Å². The summed E-state index contributed by atoms with van der Waals surface area (Å²) in [5, 5.41) is 14.9. The second-order valence-corrected chi connectivity index (χ2v) is 8.75. The molecule has 0 aliphatic carbocycles. The number of unbranched alkanes of at least 4 members (excludes halogenated alkanes) is 1. The van der Waals surface area contributed by atoms with Crippen LogP contribution in [0.15, 0.2) is 45.3 Å². The smallest absolute Gasteiger partial charge is 0.247 e. The molecule has 2 aromatic heterocycles. The first-order valence-electron chi connectivity index (χ1n) is 8.38. The maximum absolute atomic E-state index is 6.23. The van der Waals surface area contributed by atoms with E-state index in [1.807, 2.05) is 29.6 Å². The van der Waals surface area contributed by atoms with Crippen molar-refractivity contribution in [3.8, 4) is 17.1 Å². The zero-order valence-corrected chi connectivity index (χ0v) is 17.3. The van der Waals surface area contributed by atoms with Crippen molar-refractivity contribution in [2.75, 3.05) is 11.1 Å². The molecule has 4 rings (SSSR count). The third kappa shape index (κ3) is 3.72. The number of anilines is 1. The number of thiophene rings is 1. The lowest BCUT2D eigenvalue weighted by Crippen LogP contribution is -2.15. The van der Waals surface area contributed by atoms with Gasteiger partial charge >= 0.3 is 0 Å². The van der Waals surface area contributed by atoms with Crippen LogP contribution in [0, 0.1) is 0 Å². The summed E-state index contributed by atoms with van der Waals surface area (Å²) in [6.45, 7) is 2.17. The van der Waals surface area contributed by atoms with Gasteiger partial charge in [-0.05, 0) is 36.1 Å². The van der Waals surface area contributed by atoms with E-state index in [9.17, 15) is 0 Å². The maximum atomic E-state index is 6.23. The number of nitrogens with zero attached hydrogens (tertiary/aromatic N) is 3. The lowest BCUT2D eigenvalue weighted by Gasteiger charge is -2.17. The molecule has 0 amide bonds. The van der Waals surface area contributed by atoms with Crippen molar-refractivity contribution in [1.82, 2.24) is 15.2 Å². The molecule has 134 valence electrons. The second kappa shape index (κ2) is 7.94. The van der Waals surface area contributed by atoms with Crippen molar-refractivity contribution in [2.24, 2.45) is 0 Å². The largest absolute Gasteiger partial charge is 0.447 e. The van der Waals surface area contributed by atoms with Gasteiger partial charge in [0.25, 0.3) is 0 Å². The number of hydrogen-bond donors (Lipinski definition) is 1. The summed E-state index contributed by atoms with van der Waals surface area (Å²) in [4.78, 5) is 5.74. The molecule has 8 heteroatoms. The lowest BCUT2D eigenvalue weighted by atomic mass is 10.1. The van der Waals surface area contributed by atoms with Gasteiger partial charge in [0.05, 0.1) is 4.88 Å². The molecule has 0 fully saturated rings. The summed E-state index contributed by atoms with van der Waals surface area (Å²) < 4.78 is 7.20. The van der Waals surface area contributed by atoms with E-state index in [-0.39, 0.29) is 6.23 Å². The van der Waals surface area contributed by atoms with E-state index in [0.717, 1.165) is 39.2 Å². The average Bonchev–Trinajstić information content (AvgIpc) is 3.13. The summed E-state index contributed by atoms with van der Waals surface area (Å²) in [5.41, 5.74) is 2.54. The third-order valence-electron chi connectivity index (χ3n) is 3.92. The SMILES string of the molecule is CCCCSc1nnc2c(n1)OC(c1cccs1)Nc1ccc(Br)cc1-2. The molecule has 1 aliphatic heterocycles. The summed E-state index contributed by atoms with van der Waals surface area (Å²) in [6.07, 6.45) is 1.97. The van der Waals surface area contributed by atoms with Crippen LogP contribution < -0.4 is 10.1 Å². The number of ether oxygens (including phenoxy) is 1. The molecule has 0 bridgehead atoms. The molecule has 1 N–H and O–H groups in total. The molecule has 0 saturated heterocycles. The molecule has 26 heavy (non-hydrogen) atoms. The van der Waals surface area contributed by atoms with E-state index in [1.54, 1.807) is 23.1 Å². The Kier molecular flexibility index (Phi) is 5.42. The van der Waals surface area contributed by atoms with Crippen LogP contribution in [0.2, 0.25) is 0 Å². The van der Waals surface area contributed by atoms with Gasteiger partial charge < -0.3 is 10.1 Å². The van der Waals surface area contributed by atoms with Crippen molar-refractivity contribution in [3.05, 3.63) is 45.1 Å². The van der Waals surface area contributed by atoms with E-state index in [4.69, 9.17) is 4.74 Å². The fourth-order valence-corrected chi connectivity index (χ4v) is 4.53. The van der Waals surface area contributed by atoms with Crippen LogP contribution in [0.25, 0.3) is 11.3 Å². The number of fused-ring (bicyclic) bond motifs is 3. The molecule has 0 spiro atoms. The third-order valence-corrected chi connectivity index (χ3v) is 6.25. The van der Waals surface area contributed by atoms with Crippen LogP contribution in [0.1, 0.15) is 30.9 Å². The van der Waals surface area contributed by atoms with Gasteiger partial charge in [-0.1, -0.05) is 47.1 Å². The highest BCUT2D eigenvalue weighted by atomic mass is 79.9. The first kappa shape index (κ1) is 17.8. The summed E-state index contributed by atoms with van der Waals surface area (Å²) in [7, 11) is 0. The minimum atomic E-state index is -0.304. The van der Waals surface area contributed by atoms with E-state index in [2.05, 4.69) is 49.4 Å². The van der Waals surface area contributed by atoms with Gasteiger partial charge in [-0.2, -0.15) is 4.98 Å². The van der Waals surface area contributed by atoms with E-state index in [1.165, 1.54) is 0 Å². The van der Waals surface area contributed by atoms with Gasteiger partial charge in [-0.25, -0.2) is 0 Å². The number of benzene rings is 1. The zero-order valence-electron chi connectivity index (χ0n) is 14.1. The van der Waals surface area contributed by atoms with Crippen molar-refractivity contribution < 1.29 is 4.74 Å². The van der Waals surface area contributed by atoms with Crippen LogP contribution in [0.5, 0.6) is 5.88 Å². The fourth-order valence-electron chi connectivity index (χ4n) is 2.61. The van der Waals surface area contributed by atoms with E-state index in [0.29, 0.717) is 16.7 Å². The summed E-state index contributed by atoms with van der Waals surface area (Å²) in [5.74, 6) is 1.49. The first-order valence-corrected chi connectivity index (χ1v) is 11.0. The Hall–Kier alpha value is -1.64. The molecule has 3 heterocycles. The Bertz CT molecular complexity index is 904. The van der Waals surface area contributed by atoms with Crippen molar-refractivity contribution in [1.29, 1.82) is 0 Å². The standard InChI is InChI=1S/C18H17BrN4OS2/c1-2-3-8-26-18-21-17-15(22-23-18)12-10-11(19)6-7-13(12)20-16(24-17)14-5-4-9-25-14/h4-7,9-10,16,20H,2-3,8H2,1H3. The zero-order chi connectivity index (χ0) is 17.9. The Labute approximate surface area is 168 Å². The number of hydrogen-bond acceptors (Lipinski definition) is 7. The van der Waals surface area contributed by atoms with Crippen molar-refractivity contribution in [3.63, 3.8) is 0 Å². The predicted molar refractivity (Wildman–Crippen MR) is 110 cm³/mol. The van der Waals surface area contributed by atoms with Crippen LogP contribution in [-0.2, 0) is 0 Å². The molecule has 0 saturated carbocycles. The van der Waals surface area contributed by atoms with Gasteiger partial charge in [0.2, 0.25) is 17.3 Å². The van der Waals surface area contributed by atoms with Gasteiger partial charge in [-0.15, -0.1) is 21.5 Å². The molecular formula is C18H17BrN4OS2. The fraction of sp³-hybridized carbons (Fsp3) is 0.278. The second-order valence-electron chi connectivity index (χ2n) is 5.80. The lowest BCUT2D eigenvalue weighted by molar-refractivity contribution is 0.229. The summed E-state index contributed by atoms with van der Waals surface area (Å²) in [6, 6.07) is 10.1. The minimum absolute atomic E-state index is 0.304. The first-order chi connectivity index (χ1) is 12.7. The molecule has 1 aromatic carbocycles. The Morgan fingerprint density at radius 2 is 2.23 bits per heavy atom. The number of aromatic nitrogens is 3. The van der Waals surface area contributed by atoms with E-state index < -0.39 is 0 Å². The van der Waals surface area contributed by atoms with Crippen LogP contribution in [-0.4, -0.2) is 20.9 Å². The Balaban J connectivity index is 1.76. The highest BCUT2D eigenvalue weighted by Gasteiger charge is 2.26. The van der Waals surface area contributed by atoms with Gasteiger partial charge in [-0.3, -0.25) is 0 Å². The van der Waals surface area contributed by atoms with E-state index >= 15 is 0 Å². The molecule has 5 nitrogen and oxygen atoms in total. The van der Waals surface area contributed by atoms with Crippen LogP contribution in [0.4, 0.5) is 5.69 Å². The Morgan fingerprint density at radius 1 is 1.31 bits per heavy atom. The molecule has 3 aromatic rings. The van der Waals surface area contributed by atoms with Crippen LogP contribution >= 0.6 is 39.0 Å². The molecule has 1 aliphatic rings. The molecule has 1 atom stereocenters. The topological polar surface area (TPSA) is 59.9 Å². The highest BCUT2D eigenvalue weighted by Crippen LogP contribution is 2.41. The normalized spacial score (nSPS) is 15.4. The van der Waals surface area contributed by atoms with Crippen molar-refractivity contribution in [2.45, 2.75) is 31.1 Å². The van der Waals surface area contributed by atoms with Gasteiger partial charge in [0.1, 0.15) is 0 Å². The molecular weight excluding hydrogens is 432 g/mol. The number of thioether (sulfide) groups is 1. The quantitative estimate of drug-likeness (QED) is 0.395. The monoisotopic (exact) mass is 448 g/mol. The predicted octanol–water partition coefficient (Wildman–Crippen LogP) is 5.76. The molecule has 0 radical (unpaired) electrons. The van der Waals surface area contributed by atoms with Gasteiger partial charge in [0.15, 0.2) is 5.69 Å². The number of rotatable bonds is 5. The number of nitrogens with one attached hydrogen (secondary N) is 1. The Morgan fingerprint density at radius 3 is 3.04 bits per heavy atom. The summed E-state index contributed by atoms with van der Waals surface area (Å²) >= 11 is 6.80. The van der Waals surface area contributed by atoms with Crippen LogP contribution in [0.3, 0.4) is 0 Å². The average molecular weight is 449 g/mol. The number of halogens is 1. The maximum Gasteiger partial charge on any atom is 0.247 e. The van der Waals surface area contributed by atoms with Gasteiger partial charge in [0, 0.05) is 21.5 Å².